The number of rotatable bonds is 3. The molecular weight excluding hydrogens is 328 g/mol. The van der Waals surface area contributed by atoms with Crippen LogP contribution in [0.1, 0.15) is 17.4 Å². The molecule has 0 radical (unpaired) electrons. The molecule has 0 spiro atoms. The summed E-state index contributed by atoms with van der Waals surface area (Å²) in [5.41, 5.74) is -0.320. The Morgan fingerprint density at radius 1 is 1.21 bits per heavy atom. The zero-order valence-corrected chi connectivity index (χ0v) is 11.8. The molecule has 9 heteroatoms. The fraction of sp³-hybridized carbons (Fsp3) is 0.133. The molecule has 0 saturated carbocycles. The van der Waals surface area contributed by atoms with Gasteiger partial charge in [-0.25, -0.2) is 8.91 Å². The molecule has 1 atom stereocenters. The number of nitriles is 1. The van der Waals surface area contributed by atoms with Gasteiger partial charge in [-0.15, -0.1) is 0 Å². The molecule has 0 fully saturated rings. The first-order valence-electron chi connectivity index (χ1n) is 6.61. The van der Waals surface area contributed by atoms with Gasteiger partial charge in [0.15, 0.2) is 0 Å². The average molecular weight is 336 g/mol. The van der Waals surface area contributed by atoms with Crippen LogP contribution < -0.4 is 4.74 Å². The van der Waals surface area contributed by atoms with E-state index in [4.69, 9.17) is 10.00 Å². The van der Waals surface area contributed by atoms with Gasteiger partial charge >= 0.3 is 6.18 Å². The van der Waals surface area contributed by atoms with Crippen LogP contribution in [0.25, 0.3) is 5.52 Å². The van der Waals surface area contributed by atoms with Gasteiger partial charge in [0.2, 0.25) is 6.10 Å². The number of aromatic nitrogens is 3. The van der Waals surface area contributed by atoms with Crippen LogP contribution in [0, 0.1) is 17.1 Å². The number of hydrogen-bond donors (Lipinski definition) is 0. The van der Waals surface area contributed by atoms with Gasteiger partial charge in [0.05, 0.1) is 18.1 Å². The molecule has 3 aromatic heterocycles. The van der Waals surface area contributed by atoms with E-state index in [0.717, 1.165) is 12.1 Å². The molecule has 0 N–H and O–H groups in total. The number of ether oxygens (including phenoxy) is 1. The van der Waals surface area contributed by atoms with Crippen LogP contribution >= 0.6 is 0 Å². The minimum absolute atomic E-state index is 0.0681. The molecule has 122 valence electrons. The largest absolute Gasteiger partial charge is 0.472 e. The summed E-state index contributed by atoms with van der Waals surface area (Å²) in [5.74, 6) is -0.940. The molecule has 3 aromatic rings. The number of halogens is 4. The van der Waals surface area contributed by atoms with Gasteiger partial charge in [-0.1, -0.05) is 0 Å². The van der Waals surface area contributed by atoms with E-state index < -0.39 is 23.8 Å². The predicted octanol–water partition coefficient (Wildman–Crippen LogP) is 3.42. The summed E-state index contributed by atoms with van der Waals surface area (Å²) in [7, 11) is 0. The van der Waals surface area contributed by atoms with Crippen molar-refractivity contribution in [2.24, 2.45) is 0 Å². The van der Waals surface area contributed by atoms with Crippen LogP contribution in [0.3, 0.4) is 0 Å². The Hall–Kier alpha value is -3.15. The van der Waals surface area contributed by atoms with Crippen LogP contribution in [0.2, 0.25) is 0 Å². The van der Waals surface area contributed by atoms with Gasteiger partial charge in [0, 0.05) is 6.20 Å². The van der Waals surface area contributed by atoms with Crippen LogP contribution in [0.15, 0.2) is 42.9 Å². The standard InChI is InChI=1S/C15H8F4N4O/c16-10-3-4-11(21-8-10)14(15(17,18)19)24-12-2-1-5-23-13(12)9(6-20)7-22-23/h1-5,7-8,14H/t14-/m0/s1. The lowest BCUT2D eigenvalue weighted by molar-refractivity contribution is -0.198. The van der Waals surface area contributed by atoms with Crippen molar-refractivity contribution in [3.8, 4) is 11.8 Å². The first-order chi connectivity index (χ1) is 11.4. The molecule has 0 amide bonds. The smallest absolute Gasteiger partial charge is 0.431 e. The van der Waals surface area contributed by atoms with Crippen LogP contribution in [0.5, 0.6) is 5.75 Å². The Labute approximate surface area is 132 Å². The Balaban J connectivity index is 2.07. The van der Waals surface area contributed by atoms with Gasteiger partial charge in [-0.05, 0) is 24.3 Å². The van der Waals surface area contributed by atoms with Crippen molar-refractivity contribution in [1.82, 2.24) is 14.6 Å². The summed E-state index contributed by atoms with van der Waals surface area (Å²) < 4.78 is 59.3. The van der Waals surface area contributed by atoms with E-state index in [-0.39, 0.29) is 16.8 Å². The summed E-state index contributed by atoms with van der Waals surface area (Å²) >= 11 is 0. The minimum Gasteiger partial charge on any atom is -0.472 e. The topological polar surface area (TPSA) is 63.2 Å². The second-order valence-corrected chi connectivity index (χ2v) is 4.78. The second-order valence-electron chi connectivity index (χ2n) is 4.78. The molecule has 0 saturated heterocycles. The van der Waals surface area contributed by atoms with Crippen molar-refractivity contribution in [2.75, 3.05) is 0 Å². The predicted molar refractivity (Wildman–Crippen MR) is 73.5 cm³/mol. The highest BCUT2D eigenvalue weighted by atomic mass is 19.4. The Kier molecular flexibility index (Phi) is 3.81. The number of hydrogen-bond acceptors (Lipinski definition) is 4. The third-order valence-corrected chi connectivity index (χ3v) is 3.19. The number of nitrogens with zero attached hydrogens (tertiary/aromatic N) is 4. The SMILES string of the molecule is N#Cc1cnn2cccc(O[C@@H](c3ccc(F)cn3)C(F)(F)F)c12. The zero-order chi connectivity index (χ0) is 17.3. The molecular formula is C15H8F4N4O. The van der Waals surface area contributed by atoms with Crippen molar-refractivity contribution < 1.29 is 22.3 Å². The van der Waals surface area contributed by atoms with Crippen molar-refractivity contribution in [3.05, 3.63) is 59.9 Å². The van der Waals surface area contributed by atoms with E-state index in [1.165, 1.54) is 29.0 Å². The third-order valence-electron chi connectivity index (χ3n) is 3.19. The van der Waals surface area contributed by atoms with Crippen molar-refractivity contribution in [2.45, 2.75) is 12.3 Å². The average Bonchev–Trinajstić information content (AvgIpc) is 2.96. The Bertz CT molecular complexity index is 912. The second kappa shape index (κ2) is 5.81. The third kappa shape index (κ3) is 2.86. The molecule has 5 nitrogen and oxygen atoms in total. The van der Waals surface area contributed by atoms with Crippen LogP contribution in [-0.4, -0.2) is 20.8 Å². The molecule has 0 bridgehead atoms. The number of alkyl halides is 3. The first kappa shape index (κ1) is 15.7. The summed E-state index contributed by atoms with van der Waals surface area (Å²) in [6.07, 6.45) is -3.82. The lowest BCUT2D eigenvalue weighted by Gasteiger charge is -2.21. The fourth-order valence-electron chi connectivity index (χ4n) is 2.15. The highest BCUT2D eigenvalue weighted by Gasteiger charge is 2.44. The van der Waals surface area contributed by atoms with Crippen LogP contribution in [0.4, 0.5) is 17.6 Å². The maximum absolute atomic E-state index is 13.4. The normalized spacial score (nSPS) is 12.8. The first-order valence-corrected chi connectivity index (χ1v) is 6.61. The number of pyridine rings is 2. The van der Waals surface area contributed by atoms with Gasteiger partial charge in [0.25, 0.3) is 0 Å². The van der Waals surface area contributed by atoms with Crippen LogP contribution in [-0.2, 0) is 0 Å². The van der Waals surface area contributed by atoms with Gasteiger partial charge in [-0.2, -0.15) is 23.5 Å². The summed E-state index contributed by atoms with van der Waals surface area (Å²) in [6.45, 7) is 0. The van der Waals surface area contributed by atoms with E-state index >= 15 is 0 Å². The summed E-state index contributed by atoms with van der Waals surface area (Å²) in [5, 5.41) is 12.9. The molecule has 3 rings (SSSR count). The van der Waals surface area contributed by atoms with E-state index in [2.05, 4.69) is 10.1 Å². The molecule has 0 unspecified atom stereocenters. The quantitative estimate of drug-likeness (QED) is 0.688. The van der Waals surface area contributed by atoms with Gasteiger partial charge in [0.1, 0.15) is 28.7 Å². The minimum atomic E-state index is -4.79. The molecule has 0 aromatic carbocycles. The maximum Gasteiger partial charge on any atom is 0.431 e. The molecule has 24 heavy (non-hydrogen) atoms. The highest BCUT2D eigenvalue weighted by Crippen LogP contribution is 2.37. The van der Waals surface area contributed by atoms with Crippen molar-refractivity contribution in [1.29, 1.82) is 5.26 Å². The molecule has 3 heterocycles. The van der Waals surface area contributed by atoms with E-state index in [9.17, 15) is 17.6 Å². The Morgan fingerprint density at radius 3 is 2.62 bits per heavy atom. The van der Waals surface area contributed by atoms with Crippen molar-refractivity contribution in [3.63, 3.8) is 0 Å². The van der Waals surface area contributed by atoms with Crippen molar-refractivity contribution >= 4 is 5.52 Å². The van der Waals surface area contributed by atoms with E-state index in [1.807, 2.05) is 6.07 Å². The molecule has 0 aliphatic rings. The lowest BCUT2D eigenvalue weighted by atomic mass is 10.2. The van der Waals surface area contributed by atoms with E-state index in [0.29, 0.717) is 6.20 Å². The highest BCUT2D eigenvalue weighted by molar-refractivity contribution is 5.68. The maximum atomic E-state index is 13.4. The summed E-state index contributed by atoms with van der Waals surface area (Å²) in [6, 6.07) is 6.33. The molecule has 0 aliphatic carbocycles. The zero-order valence-electron chi connectivity index (χ0n) is 11.8. The lowest BCUT2D eigenvalue weighted by Crippen LogP contribution is -2.27. The summed E-state index contributed by atoms with van der Waals surface area (Å²) in [4.78, 5) is 3.44. The number of fused-ring (bicyclic) bond motifs is 1. The van der Waals surface area contributed by atoms with Gasteiger partial charge in [-0.3, -0.25) is 4.98 Å². The Morgan fingerprint density at radius 2 is 2.00 bits per heavy atom. The fourth-order valence-corrected chi connectivity index (χ4v) is 2.15. The van der Waals surface area contributed by atoms with E-state index in [1.54, 1.807) is 0 Å². The monoisotopic (exact) mass is 336 g/mol. The van der Waals surface area contributed by atoms with Gasteiger partial charge < -0.3 is 4.74 Å². The molecule has 0 aliphatic heterocycles.